The van der Waals surface area contributed by atoms with Crippen molar-refractivity contribution in [3.63, 3.8) is 0 Å². The third-order valence-electron chi connectivity index (χ3n) is 8.59. The fraction of sp³-hybridized carbons (Fsp3) is 0.429. The molecule has 3 aromatic rings. The van der Waals surface area contributed by atoms with E-state index < -0.39 is 29.3 Å². The fourth-order valence-electron chi connectivity index (χ4n) is 7.09. The molecule has 2 aromatic carbocycles. The largest absolute Gasteiger partial charge is 0.394 e. The number of para-hydroxylation sites is 1. The van der Waals surface area contributed by atoms with Gasteiger partial charge in [-0.05, 0) is 74.8 Å². The minimum absolute atomic E-state index is 0.0164. The summed E-state index contributed by atoms with van der Waals surface area (Å²) in [4.78, 5) is 5.38. The number of fused-ring (bicyclic) bond motifs is 4. The summed E-state index contributed by atoms with van der Waals surface area (Å²) in [5.41, 5.74) is 1.19. The lowest BCUT2D eigenvalue weighted by Crippen LogP contribution is -2.50. The molecule has 1 N–H and O–H groups in total. The van der Waals surface area contributed by atoms with Gasteiger partial charge in [0.25, 0.3) is 0 Å². The molecule has 2 bridgehead atoms. The average Bonchev–Trinajstić information content (AvgIpc) is 3.43. The number of alkyl halides is 3. The van der Waals surface area contributed by atoms with Crippen molar-refractivity contribution in [2.24, 2.45) is 11.3 Å². The Balaban J connectivity index is 1.53. The van der Waals surface area contributed by atoms with Gasteiger partial charge in [0.2, 0.25) is 0 Å². The molecule has 0 amide bonds. The monoisotopic (exact) mass is 486 g/mol. The Bertz CT molecular complexity index is 1310. The van der Waals surface area contributed by atoms with E-state index in [0.29, 0.717) is 17.7 Å². The number of aromatic amines is 1. The highest BCUT2D eigenvalue weighted by molar-refractivity contribution is 5.85. The normalized spacial score (nSPS) is 30.7. The van der Waals surface area contributed by atoms with Gasteiger partial charge in [0.1, 0.15) is 11.6 Å². The quantitative estimate of drug-likeness (QED) is 0.379. The highest BCUT2D eigenvalue weighted by Gasteiger charge is 2.70. The van der Waals surface area contributed by atoms with Crippen LogP contribution in [0.3, 0.4) is 0 Å². The molecule has 2 nitrogen and oxygen atoms in total. The molecule has 2 heterocycles. The number of hydrogen-bond donors (Lipinski definition) is 1. The second-order valence-electron chi connectivity index (χ2n) is 10.6. The second-order valence-corrected chi connectivity index (χ2v) is 10.6. The van der Waals surface area contributed by atoms with Gasteiger partial charge in [-0.2, -0.15) is 13.2 Å². The number of allylic oxidation sites excluding steroid dienone is 1. The summed E-state index contributed by atoms with van der Waals surface area (Å²) in [6.07, 6.45) is -0.131. The van der Waals surface area contributed by atoms with Crippen LogP contribution >= 0.6 is 0 Å². The minimum Gasteiger partial charge on any atom is -0.357 e. The smallest absolute Gasteiger partial charge is 0.357 e. The molecule has 1 aromatic heterocycles. The fourth-order valence-corrected chi connectivity index (χ4v) is 7.09. The molecule has 7 rings (SSSR count). The molecular weight excluding hydrogens is 459 g/mol. The molecule has 3 aliphatic carbocycles. The molecule has 0 radical (unpaired) electrons. The number of hydrogen-bond acceptors (Lipinski definition) is 1. The van der Waals surface area contributed by atoms with E-state index >= 15 is 8.78 Å². The number of aromatic nitrogens is 1. The van der Waals surface area contributed by atoms with Crippen LogP contribution in [0.2, 0.25) is 0 Å². The molecule has 184 valence electrons. The van der Waals surface area contributed by atoms with Gasteiger partial charge in [0.05, 0.1) is 11.5 Å². The van der Waals surface area contributed by atoms with E-state index in [4.69, 9.17) is 0 Å². The molecular formula is C28H27F5N2. The van der Waals surface area contributed by atoms with Gasteiger partial charge >= 0.3 is 6.18 Å². The molecule has 1 aliphatic heterocycles. The van der Waals surface area contributed by atoms with Crippen molar-refractivity contribution in [2.75, 3.05) is 0 Å². The number of halogens is 5. The van der Waals surface area contributed by atoms with Crippen LogP contribution in [0.5, 0.6) is 0 Å². The first-order valence-electron chi connectivity index (χ1n) is 12.2. The summed E-state index contributed by atoms with van der Waals surface area (Å²) < 4.78 is 73.0. The predicted octanol–water partition coefficient (Wildman–Crippen LogP) is 7.55. The number of nitrogens with zero attached hydrogens (tertiary/aromatic N) is 1. The number of rotatable bonds is 3. The van der Waals surface area contributed by atoms with Crippen molar-refractivity contribution in [3.8, 4) is 0 Å². The molecule has 0 saturated heterocycles. The first-order chi connectivity index (χ1) is 16.6. The van der Waals surface area contributed by atoms with E-state index in [9.17, 15) is 13.2 Å². The number of nitrogens with one attached hydrogen (secondary N) is 1. The number of benzene rings is 2. The van der Waals surface area contributed by atoms with E-state index in [0.717, 1.165) is 16.5 Å². The molecule has 3 atom stereocenters. The van der Waals surface area contributed by atoms with Crippen molar-refractivity contribution in [1.29, 1.82) is 0 Å². The molecule has 4 aliphatic rings. The Hall–Kier alpha value is -2.67. The Morgan fingerprint density at radius 3 is 2.37 bits per heavy atom. The Morgan fingerprint density at radius 2 is 1.74 bits per heavy atom. The highest BCUT2D eigenvalue weighted by Crippen LogP contribution is 2.68. The first-order valence-corrected chi connectivity index (χ1v) is 12.2. The molecule has 0 spiro atoms. The third-order valence-corrected chi connectivity index (χ3v) is 8.59. The van der Waals surface area contributed by atoms with E-state index in [2.05, 4.69) is 4.98 Å². The highest BCUT2D eigenvalue weighted by atomic mass is 19.4. The topological polar surface area (TPSA) is 19.0 Å². The van der Waals surface area contributed by atoms with Gasteiger partial charge < -0.3 is 4.98 Å². The summed E-state index contributed by atoms with van der Waals surface area (Å²) >= 11 is 0. The van der Waals surface area contributed by atoms with Gasteiger partial charge in [0, 0.05) is 34.2 Å². The molecule has 3 fully saturated rings. The minimum atomic E-state index is -4.26. The van der Waals surface area contributed by atoms with Crippen molar-refractivity contribution in [1.82, 2.24) is 9.88 Å². The Morgan fingerprint density at radius 1 is 1.06 bits per heavy atom. The van der Waals surface area contributed by atoms with Crippen LogP contribution in [0.25, 0.3) is 17.0 Å². The first kappa shape index (κ1) is 22.8. The maximum atomic E-state index is 15.6. The lowest BCUT2D eigenvalue weighted by atomic mass is 9.69. The zero-order chi connectivity index (χ0) is 24.7. The van der Waals surface area contributed by atoms with Crippen LogP contribution < -0.4 is 0 Å². The summed E-state index contributed by atoms with van der Waals surface area (Å²) in [7, 11) is 0. The lowest BCUT2D eigenvalue weighted by Gasteiger charge is -2.46. The molecule has 35 heavy (non-hydrogen) atoms. The van der Waals surface area contributed by atoms with Crippen molar-refractivity contribution in [3.05, 3.63) is 76.5 Å². The van der Waals surface area contributed by atoms with E-state index in [1.807, 2.05) is 36.1 Å². The van der Waals surface area contributed by atoms with Crippen LogP contribution in [0.1, 0.15) is 61.5 Å². The van der Waals surface area contributed by atoms with Crippen LogP contribution in [-0.4, -0.2) is 28.1 Å². The van der Waals surface area contributed by atoms with Crippen molar-refractivity contribution >= 4 is 17.0 Å². The van der Waals surface area contributed by atoms with Gasteiger partial charge in [-0.25, -0.2) is 8.78 Å². The summed E-state index contributed by atoms with van der Waals surface area (Å²) in [5.74, 6) is -1.48. The van der Waals surface area contributed by atoms with Crippen LogP contribution in [0.15, 0.2) is 42.5 Å². The predicted molar refractivity (Wildman–Crippen MR) is 126 cm³/mol. The number of H-pyrrole nitrogens is 1. The van der Waals surface area contributed by atoms with Crippen LogP contribution in [0.4, 0.5) is 22.0 Å². The van der Waals surface area contributed by atoms with Crippen LogP contribution in [-0.2, 0) is 6.42 Å². The summed E-state index contributed by atoms with van der Waals surface area (Å²) in [6, 6.07) is 8.97. The second kappa shape index (κ2) is 7.66. The van der Waals surface area contributed by atoms with Gasteiger partial charge in [0.15, 0.2) is 0 Å². The SMILES string of the molecule is C/C=C/c1cc(F)c([C@@H]2c3[nH]c4ccccc4c3C[C@@H](C)N2C2CC3(C(F)(F)F)CC2C3)c(F)c1. The molecule has 7 heteroatoms. The molecule has 3 saturated carbocycles. The van der Waals surface area contributed by atoms with E-state index in [-0.39, 0.29) is 42.8 Å². The van der Waals surface area contributed by atoms with Crippen molar-refractivity contribution in [2.45, 2.75) is 63.8 Å². The van der Waals surface area contributed by atoms with E-state index in [1.165, 1.54) is 12.1 Å². The average molecular weight is 487 g/mol. The zero-order valence-electron chi connectivity index (χ0n) is 19.6. The van der Waals surface area contributed by atoms with Gasteiger partial charge in [-0.1, -0.05) is 30.4 Å². The molecule has 1 unspecified atom stereocenters. The van der Waals surface area contributed by atoms with Crippen LogP contribution in [0, 0.1) is 23.0 Å². The maximum absolute atomic E-state index is 15.6. The standard InChI is InChI=1S/C28H27F5N2/c1-3-6-16-10-20(29)24(21(30)11-16)26-25-19(18-7-4-5-8-22(18)34-25)9-15(2)35(26)23-14-27(28(31,32)33)12-17(23)13-27/h3-8,10-11,15,17,23,26,34H,9,12-14H2,1-2H3/b6-3+/t15-,17?,23?,26-,27?/m1/s1. The van der Waals surface area contributed by atoms with Gasteiger partial charge in [-0.3, -0.25) is 4.90 Å². The lowest BCUT2D eigenvalue weighted by molar-refractivity contribution is -0.244. The van der Waals surface area contributed by atoms with E-state index in [1.54, 1.807) is 19.1 Å². The Labute approximate surface area is 200 Å². The zero-order valence-corrected chi connectivity index (χ0v) is 19.6. The Kier molecular flexibility index (Phi) is 4.99. The van der Waals surface area contributed by atoms with Crippen molar-refractivity contribution < 1.29 is 22.0 Å². The summed E-state index contributed by atoms with van der Waals surface area (Å²) in [6.45, 7) is 3.74. The summed E-state index contributed by atoms with van der Waals surface area (Å²) in [5, 5.41) is 0.993. The van der Waals surface area contributed by atoms with Gasteiger partial charge in [-0.15, -0.1) is 0 Å². The maximum Gasteiger partial charge on any atom is 0.394 e. The third kappa shape index (κ3) is 3.23.